The summed E-state index contributed by atoms with van der Waals surface area (Å²) in [5, 5.41) is 2.89. The number of hydrogen-bond acceptors (Lipinski definition) is 5. The highest BCUT2D eigenvalue weighted by Crippen LogP contribution is 2.33. The van der Waals surface area contributed by atoms with Crippen molar-refractivity contribution >= 4 is 15.9 Å². The van der Waals surface area contributed by atoms with Gasteiger partial charge in [0.05, 0.1) is 24.0 Å². The molecule has 1 N–H and O–H groups in total. The van der Waals surface area contributed by atoms with Gasteiger partial charge in [-0.25, -0.2) is 13.4 Å². The van der Waals surface area contributed by atoms with Crippen LogP contribution in [0.3, 0.4) is 0 Å². The Morgan fingerprint density at radius 3 is 2.81 bits per heavy atom. The zero-order valence-electron chi connectivity index (χ0n) is 15.8. The van der Waals surface area contributed by atoms with Crippen LogP contribution in [0.1, 0.15) is 42.9 Å². The molecule has 2 aromatic heterocycles. The van der Waals surface area contributed by atoms with Crippen LogP contribution in [0.15, 0.2) is 30.9 Å². The quantitative estimate of drug-likeness (QED) is 0.795. The van der Waals surface area contributed by atoms with Gasteiger partial charge in [-0.1, -0.05) is 6.07 Å². The van der Waals surface area contributed by atoms with E-state index in [-0.39, 0.29) is 18.5 Å². The molecule has 3 rings (SSSR count). The number of nitrogens with zero attached hydrogens (tertiary/aromatic N) is 4. The van der Waals surface area contributed by atoms with Crippen molar-refractivity contribution in [2.75, 3.05) is 19.3 Å². The smallest absolute Gasteiger partial charge is 0.244 e. The summed E-state index contributed by atoms with van der Waals surface area (Å²) < 4.78 is 27.8. The molecule has 0 fully saturated rings. The molecular formula is C18H25N5O3S. The van der Waals surface area contributed by atoms with Crippen LogP contribution in [0, 0.1) is 0 Å². The fraction of sp³-hybridized carbons (Fsp3) is 0.500. The summed E-state index contributed by atoms with van der Waals surface area (Å²) in [6.45, 7) is 4.63. The van der Waals surface area contributed by atoms with Crippen molar-refractivity contribution in [2.45, 2.75) is 38.8 Å². The highest BCUT2D eigenvalue weighted by Gasteiger charge is 2.41. The van der Waals surface area contributed by atoms with Gasteiger partial charge >= 0.3 is 0 Å². The van der Waals surface area contributed by atoms with Crippen molar-refractivity contribution in [1.82, 2.24) is 24.2 Å². The number of amides is 1. The van der Waals surface area contributed by atoms with Crippen LogP contribution in [-0.2, 0) is 27.7 Å². The molecule has 2 aromatic rings. The molecule has 1 aliphatic heterocycles. The van der Waals surface area contributed by atoms with E-state index in [0.29, 0.717) is 25.1 Å². The van der Waals surface area contributed by atoms with Gasteiger partial charge in [0, 0.05) is 37.9 Å². The minimum atomic E-state index is -3.54. The van der Waals surface area contributed by atoms with E-state index >= 15 is 0 Å². The lowest BCUT2D eigenvalue weighted by atomic mass is 10.0. The van der Waals surface area contributed by atoms with Gasteiger partial charge in [-0.15, -0.1) is 0 Å². The lowest BCUT2D eigenvalue weighted by Crippen LogP contribution is -2.48. The first kappa shape index (κ1) is 19.5. The number of carbonyl (C=O) groups is 1. The second kappa shape index (κ2) is 7.77. The lowest BCUT2D eigenvalue weighted by molar-refractivity contribution is -0.125. The average Bonchev–Trinajstić information content (AvgIpc) is 3.05. The number of pyridine rings is 1. The lowest BCUT2D eigenvalue weighted by Gasteiger charge is -2.34. The fourth-order valence-corrected chi connectivity index (χ4v) is 4.38. The zero-order chi connectivity index (χ0) is 19.6. The molecule has 0 bridgehead atoms. The van der Waals surface area contributed by atoms with Crippen molar-refractivity contribution in [2.24, 2.45) is 0 Å². The normalized spacial score (nSPS) is 17.7. The Balaban J connectivity index is 1.85. The third kappa shape index (κ3) is 4.19. The van der Waals surface area contributed by atoms with Crippen molar-refractivity contribution in [3.63, 3.8) is 0 Å². The van der Waals surface area contributed by atoms with Gasteiger partial charge < -0.3 is 9.88 Å². The summed E-state index contributed by atoms with van der Waals surface area (Å²) in [5.74, 6) is -0.326. The van der Waals surface area contributed by atoms with E-state index in [9.17, 15) is 13.2 Å². The van der Waals surface area contributed by atoms with Gasteiger partial charge in [0.25, 0.3) is 0 Å². The highest BCUT2D eigenvalue weighted by atomic mass is 32.2. The van der Waals surface area contributed by atoms with Gasteiger partial charge in [-0.2, -0.15) is 4.31 Å². The number of sulfonamides is 1. The molecule has 1 amide bonds. The van der Waals surface area contributed by atoms with E-state index < -0.39 is 16.1 Å². The number of carbonyl (C=O) groups excluding carboxylic acids is 1. The predicted octanol–water partition coefficient (Wildman–Crippen LogP) is 1.08. The van der Waals surface area contributed by atoms with E-state index in [0.717, 1.165) is 17.5 Å². The van der Waals surface area contributed by atoms with Crippen LogP contribution in [0.2, 0.25) is 0 Å². The molecule has 0 saturated carbocycles. The molecular weight excluding hydrogens is 366 g/mol. The Labute approximate surface area is 159 Å². The molecule has 0 aromatic carbocycles. The second-order valence-electron chi connectivity index (χ2n) is 7.01. The van der Waals surface area contributed by atoms with Crippen LogP contribution in [0.5, 0.6) is 0 Å². The van der Waals surface area contributed by atoms with Gasteiger partial charge in [-0.05, 0) is 31.9 Å². The standard InChI is InChI=1S/C18H25N5O3S/c1-13(2)22-12-21-15-7-10-23(27(3,25)26)17(16(15)22)18(24)20-9-6-14-5-4-8-19-11-14/h4-5,8,11-13,17H,6-7,9-10H2,1-3H3,(H,20,24). The number of hydrogen-bond donors (Lipinski definition) is 1. The molecule has 146 valence electrons. The molecule has 1 unspecified atom stereocenters. The number of rotatable bonds is 6. The minimum Gasteiger partial charge on any atom is -0.354 e. The van der Waals surface area contributed by atoms with Crippen LogP contribution in [0.25, 0.3) is 0 Å². The van der Waals surface area contributed by atoms with Crippen molar-refractivity contribution in [1.29, 1.82) is 0 Å². The van der Waals surface area contributed by atoms with Gasteiger partial charge in [0.15, 0.2) is 0 Å². The summed E-state index contributed by atoms with van der Waals surface area (Å²) in [6, 6.07) is 2.96. The summed E-state index contributed by atoms with van der Waals surface area (Å²) in [5.41, 5.74) is 2.46. The van der Waals surface area contributed by atoms with E-state index in [2.05, 4.69) is 15.3 Å². The third-order valence-corrected chi connectivity index (χ3v) is 5.94. The first-order chi connectivity index (χ1) is 12.8. The number of aromatic nitrogens is 3. The SMILES string of the molecule is CC(C)n1cnc2c1C(C(=O)NCCc1cccnc1)N(S(C)(=O)=O)CC2. The summed E-state index contributed by atoms with van der Waals surface area (Å²) in [4.78, 5) is 21.5. The topological polar surface area (TPSA) is 97.2 Å². The van der Waals surface area contributed by atoms with E-state index in [1.54, 1.807) is 18.7 Å². The maximum absolute atomic E-state index is 13.0. The molecule has 8 nitrogen and oxygen atoms in total. The van der Waals surface area contributed by atoms with Crippen LogP contribution < -0.4 is 5.32 Å². The van der Waals surface area contributed by atoms with Crippen molar-refractivity contribution < 1.29 is 13.2 Å². The minimum absolute atomic E-state index is 0.0754. The molecule has 27 heavy (non-hydrogen) atoms. The Bertz CT molecular complexity index is 908. The average molecular weight is 391 g/mol. The molecule has 3 heterocycles. The van der Waals surface area contributed by atoms with Crippen LogP contribution >= 0.6 is 0 Å². The maximum Gasteiger partial charge on any atom is 0.244 e. The molecule has 0 saturated heterocycles. The van der Waals surface area contributed by atoms with Crippen molar-refractivity contribution in [3.05, 3.63) is 47.8 Å². The summed E-state index contributed by atoms with van der Waals surface area (Å²) in [6.07, 6.45) is 7.41. The molecule has 0 spiro atoms. The number of fused-ring (bicyclic) bond motifs is 1. The first-order valence-electron chi connectivity index (χ1n) is 8.98. The Kier molecular flexibility index (Phi) is 5.61. The Morgan fingerprint density at radius 2 is 2.19 bits per heavy atom. The van der Waals surface area contributed by atoms with Crippen LogP contribution in [-0.4, -0.2) is 52.5 Å². The van der Waals surface area contributed by atoms with Gasteiger partial charge in [-0.3, -0.25) is 9.78 Å². The number of imidazole rings is 1. The Hall–Kier alpha value is -2.26. The summed E-state index contributed by atoms with van der Waals surface area (Å²) >= 11 is 0. The van der Waals surface area contributed by atoms with Gasteiger partial charge in [0.1, 0.15) is 6.04 Å². The largest absolute Gasteiger partial charge is 0.354 e. The molecule has 1 aliphatic rings. The Morgan fingerprint density at radius 1 is 1.41 bits per heavy atom. The summed E-state index contributed by atoms with van der Waals surface area (Å²) in [7, 11) is -3.54. The maximum atomic E-state index is 13.0. The monoisotopic (exact) mass is 391 g/mol. The van der Waals surface area contributed by atoms with E-state index in [1.165, 1.54) is 4.31 Å². The predicted molar refractivity (Wildman–Crippen MR) is 102 cm³/mol. The van der Waals surface area contributed by atoms with E-state index in [4.69, 9.17) is 0 Å². The zero-order valence-corrected chi connectivity index (χ0v) is 16.6. The van der Waals surface area contributed by atoms with Crippen LogP contribution in [0.4, 0.5) is 0 Å². The molecule has 9 heteroatoms. The molecule has 1 atom stereocenters. The third-order valence-electron chi connectivity index (χ3n) is 4.69. The van der Waals surface area contributed by atoms with Crippen molar-refractivity contribution in [3.8, 4) is 0 Å². The molecule has 0 radical (unpaired) electrons. The van der Waals surface area contributed by atoms with Gasteiger partial charge in [0.2, 0.25) is 15.9 Å². The molecule has 0 aliphatic carbocycles. The van der Waals surface area contributed by atoms with E-state index in [1.807, 2.05) is 30.5 Å². The number of nitrogens with one attached hydrogen (secondary N) is 1. The first-order valence-corrected chi connectivity index (χ1v) is 10.8. The highest BCUT2D eigenvalue weighted by molar-refractivity contribution is 7.88. The second-order valence-corrected chi connectivity index (χ2v) is 8.94. The fourth-order valence-electron chi connectivity index (χ4n) is 3.38.